The molecule has 1 fully saturated rings. The molecule has 1 aliphatic rings. The zero-order valence-corrected chi connectivity index (χ0v) is 9.54. The molecule has 0 aromatic heterocycles. The van der Waals surface area contributed by atoms with Gasteiger partial charge in [0.25, 0.3) is 0 Å². The summed E-state index contributed by atoms with van der Waals surface area (Å²) in [4.78, 5) is 0. The Morgan fingerprint density at radius 1 is 1.29 bits per heavy atom. The van der Waals surface area contributed by atoms with Gasteiger partial charge in [-0.1, -0.05) is 6.07 Å². The van der Waals surface area contributed by atoms with Crippen molar-refractivity contribution in [3.63, 3.8) is 0 Å². The fourth-order valence-electron chi connectivity index (χ4n) is 1.82. The van der Waals surface area contributed by atoms with Gasteiger partial charge in [0.1, 0.15) is 5.82 Å². The Kier molecular flexibility index (Phi) is 3.12. The molecule has 0 aliphatic carbocycles. The van der Waals surface area contributed by atoms with E-state index in [2.05, 4.69) is 0 Å². The van der Waals surface area contributed by atoms with Crippen molar-refractivity contribution in [3.05, 3.63) is 35.1 Å². The highest BCUT2D eigenvalue weighted by molar-refractivity contribution is 7.99. The lowest BCUT2D eigenvalue weighted by Crippen LogP contribution is -2.25. The van der Waals surface area contributed by atoms with Gasteiger partial charge < -0.3 is 5.11 Å². The van der Waals surface area contributed by atoms with E-state index >= 15 is 0 Å². The number of rotatable bonds is 1. The molecule has 1 nitrogen and oxygen atoms in total. The predicted octanol–water partition coefficient (Wildman–Crippen LogP) is 3.17. The molecule has 17 heavy (non-hydrogen) atoms. The summed E-state index contributed by atoms with van der Waals surface area (Å²) in [6, 6.07) is 2.62. The van der Waals surface area contributed by atoms with E-state index in [0.717, 1.165) is 17.9 Å². The molecular formula is C11H10F4OS. The summed E-state index contributed by atoms with van der Waals surface area (Å²) in [5.41, 5.74) is -2.28. The third-order valence-corrected chi connectivity index (χ3v) is 3.99. The Morgan fingerprint density at radius 3 is 2.47 bits per heavy atom. The van der Waals surface area contributed by atoms with Gasteiger partial charge in [0.2, 0.25) is 0 Å². The summed E-state index contributed by atoms with van der Waals surface area (Å²) in [5.74, 6) is -0.225. The first-order valence-corrected chi connectivity index (χ1v) is 6.16. The molecule has 1 saturated heterocycles. The maximum absolute atomic E-state index is 13.3. The maximum atomic E-state index is 13.3. The normalized spacial score (nSPS) is 25.2. The first-order chi connectivity index (χ1) is 7.83. The van der Waals surface area contributed by atoms with Crippen LogP contribution in [0.1, 0.15) is 17.5 Å². The number of aliphatic hydroxyl groups is 1. The number of alkyl halides is 3. The molecule has 1 aromatic rings. The second kappa shape index (κ2) is 4.17. The molecule has 0 bridgehead atoms. The minimum atomic E-state index is -4.70. The van der Waals surface area contributed by atoms with Crippen LogP contribution in [0.3, 0.4) is 0 Å². The quantitative estimate of drug-likeness (QED) is 0.788. The van der Waals surface area contributed by atoms with Crippen LogP contribution in [0.2, 0.25) is 0 Å². The number of hydrogen-bond donors (Lipinski definition) is 1. The molecule has 6 heteroatoms. The van der Waals surface area contributed by atoms with Crippen molar-refractivity contribution in [3.8, 4) is 0 Å². The lowest BCUT2D eigenvalue weighted by Gasteiger charge is -2.22. The Bertz CT molecular complexity index is 424. The second-order valence-corrected chi connectivity index (χ2v) is 5.13. The average Bonchev–Trinajstić information content (AvgIpc) is 2.64. The summed E-state index contributed by atoms with van der Waals surface area (Å²) < 4.78 is 50.4. The molecule has 1 unspecified atom stereocenters. The van der Waals surface area contributed by atoms with Crippen molar-refractivity contribution in [2.24, 2.45) is 0 Å². The van der Waals surface area contributed by atoms with Gasteiger partial charge in [0.05, 0.1) is 11.2 Å². The molecule has 1 atom stereocenters. The van der Waals surface area contributed by atoms with Crippen LogP contribution in [-0.4, -0.2) is 16.6 Å². The molecule has 2 rings (SSSR count). The predicted molar refractivity (Wildman–Crippen MR) is 57.2 cm³/mol. The van der Waals surface area contributed by atoms with E-state index in [1.54, 1.807) is 0 Å². The van der Waals surface area contributed by atoms with E-state index < -0.39 is 23.2 Å². The summed E-state index contributed by atoms with van der Waals surface area (Å²) in [5, 5.41) is 10.1. The Labute approximate surface area is 99.8 Å². The van der Waals surface area contributed by atoms with Crippen LogP contribution in [0.25, 0.3) is 0 Å². The highest BCUT2D eigenvalue weighted by atomic mass is 32.2. The fraction of sp³-hybridized carbons (Fsp3) is 0.455. The SMILES string of the molecule is OC1(c2ccc(C(F)(F)F)c(F)c2)CCSC1. The van der Waals surface area contributed by atoms with Gasteiger partial charge in [0.15, 0.2) is 0 Å². The van der Waals surface area contributed by atoms with Crippen LogP contribution in [0, 0.1) is 5.82 Å². The van der Waals surface area contributed by atoms with E-state index in [1.165, 1.54) is 11.8 Å². The van der Waals surface area contributed by atoms with Crippen molar-refractivity contribution in [1.29, 1.82) is 0 Å². The standard InChI is InChI=1S/C11H10F4OS/c12-9-5-7(10(16)3-4-17-6-10)1-2-8(9)11(13,14)15/h1-2,5,16H,3-4,6H2. The lowest BCUT2D eigenvalue weighted by atomic mass is 9.92. The molecule has 1 N–H and O–H groups in total. The molecule has 0 spiro atoms. The summed E-state index contributed by atoms with van der Waals surface area (Å²) in [6.45, 7) is 0. The number of hydrogen-bond acceptors (Lipinski definition) is 2. The molecule has 1 heterocycles. The topological polar surface area (TPSA) is 20.2 Å². The fourth-order valence-corrected chi connectivity index (χ4v) is 3.09. The highest BCUT2D eigenvalue weighted by Gasteiger charge is 2.37. The van der Waals surface area contributed by atoms with Crippen LogP contribution >= 0.6 is 11.8 Å². The van der Waals surface area contributed by atoms with Gasteiger partial charge in [-0.3, -0.25) is 0 Å². The summed E-state index contributed by atoms with van der Waals surface area (Å²) in [7, 11) is 0. The Morgan fingerprint density at radius 2 is 2.00 bits per heavy atom. The van der Waals surface area contributed by atoms with E-state index in [9.17, 15) is 22.7 Å². The zero-order valence-electron chi connectivity index (χ0n) is 8.72. The van der Waals surface area contributed by atoms with Crippen molar-refractivity contribution < 1.29 is 22.7 Å². The number of halogens is 4. The molecule has 94 valence electrons. The molecule has 0 radical (unpaired) electrons. The van der Waals surface area contributed by atoms with Crippen LogP contribution < -0.4 is 0 Å². The van der Waals surface area contributed by atoms with Gasteiger partial charge in [-0.15, -0.1) is 0 Å². The van der Waals surface area contributed by atoms with Crippen molar-refractivity contribution in [1.82, 2.24) is 0 Å². The first-order valence-electron chi connectivity index (χ1n) is 5.00. The molecule has 1 aromatic carbocycles. The van der Waals surface area contributed by atoms with Gasteiger partial charge in [-0.05, 0) is 29.9 Å². The summed E-state index contributed by atoms with van der Waals surface area (Å²) in [6.07, 6.45) is -4.27. The zero-order chi connectivity index (χ0) is 12.7. The van der Waals surface area contributed by atoms with Crippen molar-refractivity contribution in [2.75, 3.05) is 11.5 Å². The third kappa shape index (κ3) is 2.42. The highest BCUT2D eigenvalue weighted by Crippen LogP contribution is 2.39. The molecular weight excluding hydrogens is 256 g/mol. The van der Waals surface area contributed by atoms with Crippen LogP contribution in [0.5, 0.6) is 0 Å². The lowest BCUT2D eigenvalue weighted by molar-refractivity contribution is -0.140. The largest absolute Gasteiger partial charge is 0.419 e. The van der Waals surface area contributed by atoms with Crippen LogP contribution in [-0.2, 0) is 11.8 Å². The minimum Gasteiger partial charge on any atom is -0.384 e. The van der Waals surface area contributed by atoms with E-state index in [0.29, 0.717) is 18.2 Å². The van der Waals surface area contributed by atoms with Crippen molar-refractivity contribution in [2.45, 2.75) is 18.2 Å². The maximum Gasteiger partial charge on any atom is 0.419 e. The van der Waals surface area contributed by atoms with Crippen molar-refractivity contribution >= 4 is 11.8 Å². The monoisotopic (exact) mass is 266 g/mol. The first kappa shape index (κ1) is 12.7. The van der Waals surface area contributed by atoms with Gasteiger partial charge in [-0.25, -0.2) is 4.39 Å². The molecule has 1 aliphatic heterocycles. The van der Waals surface area contributed by atoms with Gasteiger partial charge in [0, 0.05) is 5.75 Å². The van der Waals surface area contributed by atoms with Gasteiger partial charge in [-0.2, -0.15) is 24.9 Å². The van der Waals surface area contributed by atoms with E-state index in [4.69, 9.17) is 0 Å². The smallest absolute Gasteiger partial charge is 0.384 e. The number of thioether (sulfide) groups is 1. The molecule has 0 amide bonds. The van der Waals surface area contributed by atoms with Crippen LogP contribution in [0.15, 0.2) is 18.2 Å². The van der Waals surface area contributed by atoms with Gasteiger partial charge >= 0.3 is 6.18 Å². The second-order valence-electron chi connectivity index (χ2n) is 4.03. The van der Waals surface area contributed by atoms with E-state index in [1.807, 2.05) is 0 Å². The number of benzene rings is 1. The average molecular weight is 266 g/mol. The third-order valence-electron chi connectivity index (χ3n) is 2.81. The molecule has 0 saturated carbocycles. The Balaban J connectivity index is 2.37. The Hall–Kier alpha value is -0.750. The van der Waals surface area contributed by atoms with Crippen LogP contribution in [0.4, 0.5) is 17.6 Å². The summed E-state index contributed by atoms with van der Waals surface area (Å²) >= 11 is 1.50. The van der Waals surface area contributed by atoms with E-state index in [-0.39, 0.29) is 5.56 Å². The minimum absolute atomic E-state index is 0.216.